The van der Waals surface area contributed by atoms with Crippen molar-refractivity contribution in [1.29, 1.82) is 0 Å². The first-order valence-electron chi connectivity index (χ1n) is 10.7. The van der Waals surface area contributed by atoms with Crippen molar-refractivity contribution in [2.75, 3.05) is 0 Å². The molecule has 0 saturated heterocycles. The summed E-state index contributed by atoms with van der Waals surface area (Å²) >= 11 is 0. The first-order chi connectivity index (χ1) is 15.8. The van der Waals surface area contributed by atoms with Gasteiger partial charge in [-0.25, -0.2) is 4.79 Å². The maximum atomic E-state index is 13.5. The highest BCUT2D eigenvalue weighted by molar-refractivity contribution is 6.17. The molecule has 1 unspecified atom stereocenters. The van der Waals surface area contributed by atoms with E-state index in [-0.39, 0.29) is 34.5 Å². The highest BCUT2D eigenvalue weighted by atomic mass is 16.5. The minimum atomic E-state index is -1.23. The van der Waals surface area contributed by atoms with E-state index >= 15 is 0 Å². The normalized spacial score (nSPS) is 15.3. The molecule has 1 aliphatic rings. The second kappa shape index (κ2) is 7.60. The Hall–Kier alpha value is -3.90. The van der Waals surface area contributed by atoms with Crippen LogP contribution in [0, 0.1) is 0 Å². The zero-order valence-corrected chi connectivity index (χ0v) is 18.2. The topological polar surface area (TPSA) is 97.0 Å². The summed E-state index contributed by atoms with van der Waals surface area (Å²) in [5, 5.41) is 22.3. The number of aliphatic hydroxyl groups is 1. The molecule has 0 saturated carbocycles. The van der Waals surface area contributed by atoms with Crippen LogP contribution in [0.15, 0.2) is 75.9 Å². The van der Waals surface area contributed by atoms with Gasteiger partial charge in [0.2, 0.25) is 5.78 Å². The highest BCUT2D eigenvalue weighted by Crippen LogP contribution is 2.48. The molecule has 166 valence electrons. The summed E-state index contributed by atoms with van der Waals surface area (Å²) in [6, 6.07) is 19.0. The maximum absolute atomic E-state index is 13.5. The van der Waals surface area contributed by atoms with E-state index < -0.39 is 23.1 Å². The van der Waals surface area contributed by atoms with Crippen LogP contribution in [0.25, 0.3) is 22.1 Å². The van der Waals surface area contributed by atoms with Crippen molar-refractivity contribution in [3.05, 3.63) is 93.8 Å². The van der Waals surface area contributed by atoms with Crippen LogP contribution < -0.4 is 10.4 Å². The molecule has 0 amide bonds. The molecule has 1 aliphatic heterocycles. The quantitative estimate of drug-likeness (QED) is 0.358. The fourth-order valence-electron chi connectivity index (χ4n) is 4.30. The lowest BCUT2D eigenvalue weighted by atomic mass is 9.90. The van der Waals surface area contributed by atoms with Gasteiger partial charge in [0.1, 0.15) is 28.7 Å². The molecule has 2 heterocycles. The van der Waals surface area contributed by atoms with Crippen molar-refractivity contribution in [2.45, 2.75) is 32.0 Å². The highest BCUT2D eigenvalue weighted by Gasteiger charge is 2.41. The van der Waals surface area contributed by atoms with Crippen LogP contribution in [0.4, 0.5) is 0 Å². The summed E-state index contributed by atoms with van der Waals surface area (Å²) < 4.78 is 11.6. The molecule has 1 aromatic heterocycles. The predicted octanol–water partition coefficient (Wildman–Crippen LogP) is 4.47. The number of fused-ring (bicyclic) bond motifs is 3. The SMILES string of the molecule is CC(C)(O)C1Cc2c(c(C(=O)c3ccccc3)c(O)c3c(-c4ccccc4)cc(=O)oc23)O1. The van der Waals surface area contributed by atoms with Crippen LogP contribution in [0.2, 0.25) is 0 Å². The minimum absolute atomic E-state index is 0.0125. The maximum Gasteiger partial charge on any atom is 0.336 e. The van der Waals surface area contributed by atoms with Crippen molar-refractivity contribution >= 4 is 16.8 Å². The third-order valence-electron chi connectivity index (χ3n) is 6.00. The second-order valence-electron chi connectivity index (χ2n) is 8.74. The Morgan fingerprint density at radius 1 is 1.03 bits per heavy atom. The van der Waals surface area contributed by atoms with E-state index in [0.29, 0.717) is 22.3 Å². The van der Waals surface area contributed by atoms with E-state index in [1.807, 2.05) is 30.3 Å². The lowest BCUT2D eigenvalue weighted by Crippen LogP contribution is -2.39. The van der Waals surface area contributed by atoms with Gasteiger partial charge in [-0.05, 0) is 19.4 Å². The standard InChI is InChI=1S/C27H22O6/c1-27(2,31)19-13-18-25-21(17(14-20(28)33-25)15-9-5-3-6-10-15)24(30)22(26(18)32-19)23(29)16-11-7-4-8-12-16/h3-12,14,19,30-31H,13H2,1-2H3. The van der Waals surface area contributed by atoms with Crippen molar-refractivity contribution in [3.8, 4) is 22.6 Å². The second-order valence-corrected chi connectivity index (χ2v) is 8.74. The average Bonchev–Trinajstić information content (AvgIpc) is 3.25. The number of ether oxygens (including phenoxy) is 1. The lowest BCUT2D eigenvalue weighted by Gasteiger charge is -2.24. The molecule has 0 fully saturated rings. The van der Waals surface area contributed by atoms with Gasteiger partial charge in [-0.1, -0.05) is 60.7 Å². The molecule has 0 radical (unpaired) electrons. The lowest BCUT2D eigenvalue weighted by molar-refractivity contribution is -0.0231. The number of phenols is 1. The van der Waals surface area contributed by atoms with E-state index in [1.54, 1.807) is 44.2 Å². The number of ketones is 1. The molecule has 0 bridgehead atoms. The molecule has 33 heavy (non-hydrogen) atoms. The number of hydrogen-bond donors (Lipinski definition) is 2. The van der Waals surface area contributed by atoms with Gasteiger partial charge in [0.05, 0.1) is 11.0 Å². The van der Waals surface area contributed by atoms with Gasteiger partial charge in [0.25, 0.3) is 0 Å². The zero-order chi connectivity index (χ0) is 23.3. The third-order valence-corrected chi connectivity index (χ3v) is 6.00. The Kier molecular flexibility index (Phi) is 4.83. The number of benzene rings is 3. The molecule has 0 aliphatic carbocycles. The fourth-order valence-corrected chi connectivity index (χ4v) is 4.30. The molecule has 4 aromatic rings. The van der Waals surface area contributed by atoms with Crippen LogP contribution in [0.5, 0.6) is 11.5 Å². The fraction of sp³-hybridized carbons (Fsp3) is 0.185. The molecule has 6 heteroatoms. The van der Waals surface area contributed by atoms with Gasteiger partial charge in [0, 0.05) is 29.2 Å². The minimum Gasteiger partial charge on any atom is -0.506 e. The molecule has 2 N–H and O–H groups in total. The number of rotatable bonds is 4. The number of phenolic OH excluding ortho intramolecular Hbond substituents is 1. The third kappa shape index (κ3) is 3.49. The summed E-state index contributed by atoms with van der Waals surface area (Å²) in [5.41, 5.74) is 0.333. The number of carbonyl (C=O) groups excluding carboxylic acids is 1. The van der Waals surface area contributed by atoms with E-state index in [2.05, 4.69) is 0 Å². The summed E-state index contributed by atoms with van der Waals surface area (Å²) in [6.45, 7) is 3.21. The first kappa shape index (κ1) is 21.0. The Balaban J connectivity index is 1.87. The van der Waals surface area contributed by atoms with Gasteiger partial charge in [-0.2, -0.15) is 0 Å². The van der Waals surface area contributed by atoms with Crippen LogP contribution >= 0.6 is 0 Å². The van der Waals surface area contributed by atoms with Crippen LogP contribution in [-0.4, -0.2) is 27.7 Å². The van der Waals surface area contributed by atoms with E-state index in [4.69, 9.17) is 9.15 Å². The molecule has 1 atom stereocenters. The molecular formula is C27H22O6. The van der Waals surface area contributed by atoms with Gasteiger partial charge < -0.3 is 19.4 Å². The van der Waals surface area contributed by atoms with Crippen molar-refractivity contribution < 1.29 is 24.2 Å². The average molecular weight is 442 g/mol. The predicted molar refractivity (Wildman–Crippen MR) is 124 cm³/mol. The largest absolute Gasteiger partial charge is 0.506 e. The van der Waals surface area contributed by atoms with Gasteiger partial charge >= 0.3 is 5.63 Å². The smallest absolute Gasteiger partial charge is 0.336 e. The monoisotopic (exact) mass is 442 g/mol. The van der Waals surface area contributed by atoms with Crippen molar-refractivity contribution in [2.24, 2.45) is 0 Å². The van der Waals surface area contributed by atoms with Gasteiger partial charge in [-0.3, -0.25) is 4.79 Å². The zero-order valence-electron chi connectivity index (χ0n) is 18.2. The van der Waals surface area contributed by atoms with Gasteiger partial charge in [0.15, 0.2) is 0 Å². The van der Waals surface area contributed by atoms with Crippen molar-refractivity contribution in [1.82, 2.24) is 0 Å². The summed E-state index contributed by atoms with van der Waals surface area (Å²) in [7, 11) is 0. The molecule has 5 rings (SSSR count). The molecule has 0 spiro atoms. The summed E-state index contributed by atoms with van der Waals surface area (Å²) in [6.07, 6.45) is -0.475. The molecular weight excluding hydrogens is 420 g/mol. The Labute approximate surface area is 189 Å². The van der Waals surface area contributed by atoms with Crippen molar-refractivity contribution in [3.63, 3.8) is 0 Å². The van der Waals surface area contributed by atoms with Crippen LogP contribution in [0.1, 0.15) is 35.3 Å². The van der Waals surface area contributed by atoms with E-state index in [0.717, 1.165) is 0 Å². The number of hydrogen-bond acceptors (Lipinski definition) is 6. The first-order valence-corrected chi connectivity index (χ1v) is 10.7. The van der Waals surface area contributed by atoms with E-state index in [9.17, 15) is 19.8 Å². The number of aromatic hydroxyl groups is 1. The summed E-state index contributed by atoms with van der Waals surface area (Å²) in [5.74, 6) is -0.612. The summed E-state index contributed by atoms with van der Waals surface area (Å²) in [4.78, 5) is 26.0. The Bertz CT molecular complexity index is 1430. The number of carbonyl (C=O) groups is 1. The van der Waals surface area contributed by atoms with Gasteiger partial charge in [-0.15, -0.1) is 0 Å². The molecule has 6 nitrogen and oxygen atoms in total. The molecule has 3 aromatic carbocycles. The van der Waals surface area contributed by atoms with Crippen LogP contribution in [0.3, 0.4) is 0 Å². The van der Waals surface area contributed by atoms with E-state index in [1.165, 1.54) is 6.07 Å². The van der Waals surface area contributed by atoms with Crippen LogP contribution in [-0.2, 0) is 6.42 Å². The Morgan fingerprint density at radius 2 is 1.67 bits per heavy atom. The Morgan fingerprint density at radius 3 is 2.30 bits per heavy atom.